The summed E-state index contributed by atoms with van der Waals surface area (Å²) >= 11 is 0. The van der Waals surface area contributed by atoms with E-state index in [1.807, 2.05) is 0 Å². The molecule has 3 N–H and O–H groups in total. The number of amides is 1. The molecule has 4 heteroatoms. The van der Waals surface area contributed by atoms with E-state index in [4.69, 9.17) is 5.73 Å². The highest BCUT2D eigenvalue weighted by Gasteiger charge is 2.19. The molecule has 88 valence electrons. The van der Waals surface area contributed by atoms with Crippen LogP contribution in [0.5, 0.6) is 0 Å². The van der Waals surface area contributed by atoms with Gasteiger partial charge < -0.3 is 16.0 Å². The zero-order valence-electron chi connectivity index (χ0n) is 9.83. The molecule has 1 aliphatic carbocycles. The molecule has 1 aliphatic rings. The maximum atomic E-state index is 10.8. The van der Waals surface area contributed by atoms with Gasteiger partial charge in [-0.15, -0.1) is 0 Å². The van der Waals surface area contributed by atoms with Gasteiger partial charge in [0.05, 0.1) is 6.04 Å². The van der Waals surface area contributed by atoms with Crippen molar-refractivity contribution in [2.24, 2.45) is 5.73 Å². The van der Waals surface area contributed by atoms with E-state index in [0.29, 0.717) is 0 Å². The number of nitrogens with two attached hydrogens (primary N) is 1. The van der Waals surface area contributed by atoms with Crippen molar-refractivity contribution >= 4 is 5.91 Å². The van der Waals surface area contributed by atoms with Crippen molar-refractivity contribution < 1.29 is 4.79 Å². The Kier molecular flexibility index (Phi) is 5.05. The van der Waals surface area contributed by atoms with Gasteiger partial charge in [-0.1, -0.05) is 12.8 Å². The Morgan fingerprint density at radius 2 is 2.13 bits per heavy atom. The van der Waals surface area contributed by atoms with Crippen molar-refractivity contribution in [1.29, 1.82) is 0 Å². The van der Waals surface area contributed by atoms with Gasteiger partial charge in [0.25, 0.3) is 0 Å². The first-order valence-corrected chi connectivity index (χ1v) is 5.84. The summed E-state index contributed by atoms with van der Waals surface area (Å²) in [7, 11) is 2.16. The molecule has 0 aromatic carbocycles. The predicted octanol–water partition coefficient (Wildman–Crippen LogP) is 0.324. The fourth-order valence-corrected chi connectivity index (χ4v) is 2.09. The second kappa shape index (κ2) is 6.08. The van der Waals surface area contributed by atoms with Crippen LogP contribution in [0.3, 0.4) is 0 Å². The summed E-state index contributed by atoms with van der Waals surface area (Å²) in [5.41, 5.74) is 5.16. The van der Waals surface area contributed by atoms with Gasteiger partial charge in [-0.05, 0) is 26.8 Å². The van der Waals surface area contributed by atoms with Crippen molar-refractivity contribution in [2.45, 2.75) is 44.7 Å². The van der Waals surface area contributed by atoms with Crippen LogP contribution in [0.15, 0.2) is 0 Å². The number of likely N-dealkylation sites (N-methyl/N-ethyl adjacent to an activating group) is 1. The standard InChI is InChI=1S/C11H23N3O/c1-9(11(12)15)13-7-8-14(2)10-5-3-4-6-10/h9-10,13H,3-8H2,1-2H3,(H2,12,15). The van der Waals surface area contributed by atoms with Crippen LogP contribution in [0.4, 0.5) is 0 Å². The zero-order valence-corrected chi connectivity index (χ0v) is 9.83. The molecule has 4 nitrogen and oxygen atoms in total. The van der Waals surface area contributed by atoms with E-state index in [9.17, 15) is 4.79 Å². The third-order valence-electron chi connectivity index (χ3n) is 3.29. The fourth-order valence-electron chi connectivity index (χ4n) is 2.09. The van der Waals surface area contributed by atoms with Crippen LogP contribution in [0, 0.1) is 0 Å². The third kappa shape index (κ3) is 4.18. The number of nitrogens with zero attached hydrogens (tertiary/aromatic N) is 1. The highest BCUT2D eigenvalue weighted by atomic mass is 16.1. The van der Waals surface area contributed by atoms with Crippen LogP contribution < -0.4 is 11.1 Å². The van der Waals surface area contributed by atoms with E-state index in [-0.39, 0.29) is 11.9 Å². The summed E-state index contributed by atoms with van der Waals surface area (Å²) < 4.78 is 0. The molecular formula is C11H23N3O. The van der Waals surface area contributed by atoms with Gasteiger partial charge in [0.2, 0.25) is 5.91 Å². The first-order chi connectivity index (χ1) is 7.11. The maximum Gasteiger partial charge on any atom is 0.234 e. The molecule has 1 amide bonds. The molecule has 0 aliphatic heterocycles. The number of nitrogens with one attached hydrogen (secondary N) is 1. The minimum atomic E-state index is -0.279. The van der Waals surface area contributed by atoms with E-state index >= 15 is 0 Å². The van der Waals surface area contributed by atoms with Crippen LogP contribution in [0.2, 0.25) is 0 Å². The van der Waals surface area contributed by atoms with Gasteiger partial charge >= 0.3 is 0 Å². The first-order valence-electron chi connectivity index (χ1n) is 5.84. The lowest BCUT2D eigenvalue weighted by Gasteiger charge is -2.24. The minimum Gasteiger partial charge on any atom is -0.368 e. The van der Waals surface area contributed by atoms with Gasteiger partial charge in [0.15, 0.2) is 0 Å². The number of carbonyl (C=O) groups is 1. The van der Waals surface area contributed by atoms with Gasteiger partial charge in [-0.25, -0.2) is 0 Å². The lowest BCUT2D eigenvalue weighted by molar-refractivity contribution is -0.119. The second-order valence-electron chi connectivity index (χ2n) is 4.50. The van der Waals surface area contributed by atoms with Gasteiger partial charge in [-0.3, -0.25) is 4.79 Å². The molecule has 0 bridgehead atoms. The monoisotopic (exact) mass is 213 g/mol. The van der Waals surface area contributed by atoms with Crippen molar-refractivity contribution in [3.63, 3.8) is 0 Å². The molecule has 0 aromatic rings. The summed E-state index contributed by atoms with van der Waals surface area (Å²) in [5.74, 6) is -0.279. The normalized spacial score (nSPS) is 19.7. The topological polar surface area (TPSA) is 58.4 Å². The molecule has 0 heterocycles. The smallest absolute Gasteiger partial charge is 0.234 e. The predicted molar refractivity (Wildman–Crippen MR) is 61.5 cm³/mol. The molecule has 1 rings (SSSR count). The van der Waals surface area contributed by atoms with Crippen molar-refractivity contribution in [3.8, 4) is 0 Å². The van der Waals surface area contributed by atoms with Gasteiger partial charge in [-0.2, -0.15) is 0 Å². The zero-order chi connectivity index (χ0) is 11.3. The fraction of sp³-hybridized carbons (Fsp3) is 0.909. The molecule has 0 radical (unpaired) electrons. The van der Waals surface area contributed by atoms with E-state index in [1.54, 1.807) is 6.92 Å². The molecule has 0 aromatic heterocycles. The number of primary amides is 1. The summed E-state index contributed by atoms with van der Waals surface area (Å²) in [6, 6.07) is 0.526. The van der Waals surface area contributed by atoms with Crippen molar-refractivity contribution in [1.82, 2.24) is 10.2 Å². The van der Waals surface area contributed by atoms with Gasteiger partial charge in [0, 0.05) is 19.1 Å². The molecule has 15 heavy (non-hydrogen) atoms. The van der Waals surface area contributed by atoms with E-state index < -0.39 is 0 Å². The van der Waals surface area contributed by atoms with Crippen LogP contribution in [0.25, 0.3) is 0 Å². The molecule has 1 unspecified atom stereocenters. The maximum absolute atomic E-state index is 10.8. The minimum absolute atomic E-state index is 0.220. The van der Waals surface area contributed by atoms with Crippen molar-refractivity contribution in [2.75, 3.05) is 20.1 Å². The van der Waals surface area contributed by atoms with Gasteiger partial charge in [0.1, 0.15) is 0 Å². The molecule has 1 atom stereocenters. The second-order valence-corrected chi connectivity index (χ2v) is 4.50. The molecule has 1 fully saturated rings. The number of rotatable bonds is 6. The number of hydrogen-bond donors (Lipinski definition) is 2. The molecular weight excluding hydrogens is 190 g/mol. The van der Waals surface area contributed by atoms with Crippen LogP contribution >= 0.6 is 0 Å². The van der Waals surface area contributed by atoms with E-state index in [0.717, 1.165) is 19.1 Å². The van der Waals surface area contributed by atoms with Crippen molar-refractivity contribution in [3.05, 3.63) is 0 Å². The largest absolute Gasteiger partial charge is 0.368 e. The lowest BCUT2D eigenvalue weighted by Crippen LogP contribution is -2.43. The van der Waals surface area contributed by atoms with E-state index in [2.05, 4.69) is 17.3 Å². The third-order valence-corrected chi connectivity index (χ3v) is 3.29. The quantitative estimate of drug-likeness (QED) is 0.668. The Hall–Kier alpha value is -0.610. The summed E-state index contributed by atoms with van der Waals surface area (Å²) in [6.45, 7) is 3.62. The summed E-state index contributed by atoms with van der Waals surface area (Å²) in [5, 5.41) is 3.12. The summed E-state index contributed by atoms with van der Waals surface area (Å²) in [6.07, 6.45) is 5.37. The molecule has 0 saturated heterocycles. The average molecular weight is 213 g/mol. The Balaban J connectivity index is 2.11. The highest BCUT2D eigenvalue weighted by molar-refractivity contribution is 5.79. The Bertz CT molecular complexity index is 202. The van der Waals surface area contributed by atoms with E-state index in [1.165, 1.54) is 25.7 Å². The molecule has 0 spiro atoms. The molecule has 1 saturated carbocycles. The van der Waals surface area contributed by atoms with Crippen LogP contribution in [0.1, 0.15) is 32.6 Å². The number of hydrogen-bond acceptors (Lipinski definition) is 3. The van der Waals surface area contributed by atoms with Crippen LogP contribution in [-0.4, -0.2) is 43.0 Å². The number of carbonyl (C=O) groups excluding carboxylic acids is 1. The Morgan fingerprint density at radius 3 is 2.67 bits per heavy atom. The first kappa shape index (κ1) is 12.5. The SMILES string of the molecule is CC(NCCN(C)C1CCCC1)C(N)=O. The highest BCUT2D eigenvalue weighted by Crippen LogP contribution is 2.21. The lowest BCUT2D eigenvalue weighted by atomic mass is 10.2. The summed E-state index contributed by atoms with van der Waals surface area (Å²) in [4.78, 5) is 13.2. The average Bonchev–Trinajstić information content (AvgIpc) is 2.70. The Labute approximate surface area is 92.2 Å². The van der Waals surface area contributed by atoms with Crippen LogP contribution in [-0.2, 0) is 4.79 Å². The Morgan fingerprint density at radius 1 is 1.53 bits per heavy atom.